The molecule has 1 unspecified atom stereocenters. The van der Waals surface area contributed by atoms with Gasteiger partial charge in [-0.2, -0.15) is 0 Å². The summed E-state index contributed by atoms with van der Waals surface area (Å²) in [4.78, 5) is 0. The smallest absolute Gasteiger partial charge is 0.119 e. The minimum atomic E-state index is 0.208. The summed E-state index contributed by atoms with van der Waals surface area (Å²) in [6, 6.07) is 16.3. The molecule has 2 nitrogen and oxygen atoms in total. The first-order valence-electron chi connectivity index (χ1n) is 6.90. The van der Waals surface area contributed by atoms with Crippen LogP contribution in [-0.2, 0) is 6.54 Å². The summed E-state index contributed by atoms with van der Waals surface area (Å²) < 4.78 is 5.51. The Balaban J connectivity index is 1.98. The Bertz CT molecular complexity index is 556. The van der Waals surface area contributed by atoms with Crippen LogP contribution in [0.1, 0.15) is 31.0 Å². The van der Waals surface area contributed by atoms with E-state index in [0.717, 1.165) is 22.9 Å². The fourth-order valence-electron chi connectivity index (χ4n) is 2.12. The van der Waals surface area contributed by atoms with Crippen molar-refractivity contribution in [1.82, 2.24) is 5.32 Å². The minimum Gasteiger partial charge on any atom is -0.494 e. The predicted octanol–water partition coefficient (Wildman–Crippen LogP) is 4.59. The van der Waals surface area contributed by atoms with Gasteiger partial charge in [-0.1, -0.05) is 41.9 Å². The van der Waals surface area contributed by atoms with E-state index in [1.54, 1.807) is 0 Å². The molecular weight excluding hydrogens is 270 g/mol. The maximum Gasteiger partial charge on any atom is 0.119 e. The number of nitrogens with one attached hydrogen (secondary N) is 1. The molecule has 0 fully saturated rings. The molecule has 0 radical (unpaired) electrons. The Morgan fingerprint density at radius 1 is 1.15 bits per heavy atom. The Hall–Kier alpha value is -1.51. The molecule has 0 aliphatic carbocycles. The van der Waals surface area contributed by atoms with Gasteiger partial charge in [0, 0.05) is 17.6 Å². The molecule has 0 aromatic heterocycles. The average Bonchev–Trinajstić information content (AvgIpc) is 2.46. The molecule has 2 aromatic rings. The highest BCUT2D eigenvalue weighted by atomic mass is 35.5. The highest BCUT2D eigenvalue weighted by Gasteiger charge is 2.08. The van der Waals surface area contributed by atoms with Gasteiger partial charge in [0.25, 0.3) is 0 Å². The van der Waals surface area contributed by atoms with Crippen LogP contribution in [-0.4, -0.2) is 6.61 Å². The quantitative estimate of drug-likeness (QED) is 0.840. The van der Waals surface area contributed by atoms with Crippen molar-refractivity contribution in [2.24, 2.45) is 0 Å². The minimum absolute atomic E-state index is 0.208. The Morgan fingerprint density at radius 2 is 1.95 bits per heavy atom. The maximum absolute atomic E-state index is 6.21. The largest absolute Gasteiger partial charge is 0.494 e. The van der Waals surface area contributed by atoms with Crippen LogP contribution < -0.4 is 10.1 Å². The Labute approximate surface area is 125 Å². The predicted molar refractivity (Wildman–Crippen MR) is 84.3 cm³/mol. The van der Waals surface area contributed by atoms with Crippen molar-refractivity contribution in [2.75, 3.05) is 6.61 Å². The van der Waals surface area contributed by atoms with Crippen LogP contribution in [0.2, 0.25) is 5.02 Å². The monoisotopic (exact) mass is 289 g/mol. The van der Waals surface area contributed by atoms with Crippen LogP contribution in [0.15, 0.2) is 48.5 Å². The summed E-state index contributed by atoms with van der Waals surface area (Å²) in [6.45, 7) is 5.58. The van der Waals surface area contributed by atoms with Crippen LogP contribution >= 0.6 is 11.6 Å². The molecule has 3 heteroatoms. The van der Waals surface area contributed by atoms with Gasteiger partial charge in [0.2, 0.25) is 0 Å². The van der Waals surface area contributed by atoms with Gasteiger partial charge in [0.05, 0.1) is 6.61 Å². The van der Waals surface area contributed by atoms with E-state index in [1.807, 2.05) is 37.3 Å². The Kier molecular flexibility index (Phi) is 5.45. The topological polar surface area (TPSA) is 21.3 Å². The molecule has 106 valence electrons. The zero-order valence-electron chi connectivity index (χ0n) is 11.9. The highest BCUT2D eigenvalue weighted by Crippen LogP contribution is 2.22. The van der Waals surface area contributed by atoms with Crippen molar-refractivity contribution in [2.45, 2.75) is 26.4 Å². The molecule has 0 saturated heterocycles. The van der Waals surface area contributed by atoms with Gasteiger partial charge in [-0.3, -0.25) is 0 Å². The second-order valence-electron chi connectivity index (χ2n) is 4.70. The lowest BCUT2D eigenvalue weighted by molar-refractivity contribution is 0.339. The van der Waals surface area contributed by atoms with E-state index in [4.69, 9.17) is 16.3 Å². The lowest BCUT2D eigenvalue weighted by Gasteiger charge is -2.16. The van der Waals surface area contributed by atoms with E-state index in [0.29, 0.717) is 6.61 Å². The number of hydrogen-bond donors (Lipinski definition) is 1. The molecule has 2 aromatic carbocycles. The molecule has 1 atom stereocenters. The molecule has 0 aliphatic heterocycles. The lowest BCUT2D eigenvalue weighted by Crippen LogP contribution is -2.18. The molecule has 20 heavy (non-hydrogen) atoms. The van der Waals surface area contributed by atoms with Gasteiger partial charge >= 0.3 is 0 Å². The zero-order chi connectivity index (χ0) is 14.4. The Morgan fingerprint density at radius 3 is 2.70 bits per heavy atom. The maximum atomic E-state index is 6.21. The van der Waals surface area contributed by atoms with E-state index in [2.05, 4.69) is 30.4 Å². The molecule has 0 spiro atoms. The molecular formula is C17H20ClNO. The molecule has 0 heterocycles. The van der Waals surface area contributed by atoms with Crippen molar-refractivity contribution in [3.63, 3.8) is 0 Å². The van der Waals surface area contributed by atoms with E-state index < -0.39 is 0 Å². The number of hydrogen-bond acceptors (Lipinski definition) is 2. The van der Waals surface area contributed by atoms with Gasteiger partial charge in [-0.25, -0.2) is 0 Å². The molecule has 0 saturated carbocycles. The molecule has 0 aliphatic rings. The van der Waals surface area contributed by atoms with Crippen LogP contribution in [0.4, 0.5) is 0 Å². The summed E-state index contributed by atoms with van der Waals surface area (Å²) in [7, 11) is 0. The average molecular weight is 290 g/mol. The summed E-state index contributed by atoms with van der Waals surface area (Å²) in [5.41, 5.74) is 2.32. The number of rotatable bonds is 6. The van der Waals surface area contributed by atoms with Gasteiger partial charge < -0.3 is 10.1 Å². The normalized spacial score (nSPS) is 12.2. The molecule has 1 N–H and O–H groups in total. The van der Waals surface area contributed by atoms with E-state index in [-0.39, 0.29) is 6.04 Å². The van der Waals surface area contributed by atoms with Crippen LogP contribution in [0, 0.1) is 0 Å². The third kappa shape index (κ3) is 3.99. The van der Waals surface area contributed by atoms with Gasteiger partial charge in [-0.05, 0) is 43.2 Å². The summed E-state index contributed by atoms with van der Waals surface area (Å²) in [6.07, 6.45) is 0. The number of ether oxygens (including phenoxy) is 1. The van der Waals surface area contributed by atoms with E-state index in [9.17, 15) is 0 Å². The first-order chi connectivity index (χ1) is 9.70. The van der Waals surface area contributed by atoms with Crippen molar-refractivity contribution in [3.05, 3.63) is 64.7 Å². The second-order valence-corrected chi connectivity index (χ2v) is 5.11. The molecule has 0 bridgehead atoms. The van der Waals surface area contributed by atoms with E-state index in [1.165, 1.54) is 5.56 Å². The third-order valence-corrected chi connectivity index (χ3v) is 3.54. The second kappa shape index (κ2) is 7.32. The molecule has 2 rings (SSSR count). The zero-order valence-corrected chi connectivity index (χ0v) is 12.7. The van der Waals surface area contributed by atoms with Gasteiger partial charge in [-0.15, -0.1) is 0 Å². The van der Waals surface area contributed by atoms with Crippen molar-refractivity contribution >= 4 is 11.6 Å². The standard InChI is InChI=1S/C17H20ClNO/c1-3-20-15-8-6-7-14(11-15)12-19-13(2)16-9-4-5-10-17(16)18/h4-11,13,19H,3,12H2,1-2H3. The van der Waals surface area contributed by atoms with Gasteiger partial charge in [0.15, 0.2) is 0 Å². The SMILES string of the molecule is CCOc1cccc(CNC(C)c2ccccc2Cl)c1. The van der Waals surface area contributed by atoms with Crippen LogP contribution in [0.5, 0.6) is 5.75 Å². The first-order valence-corrected chi connectivity index (χ1v) is 7.28. The highest BCUT2D eigenvalue weighted by molar-refractivity contribution is 6.31. The van der Waals surface area contributed by atoms with Crippen molar-refractivity contribution in [3.8, 4) is 5.75 Å². The van der Waals surface area contributed by atoms with Crippen LogP contribution in [0.25, 0.3) is 0 Å². The fraction of sp³-hybridized carbons (Fsp3) is 0.294. The number of benzene rings is 2. The van der Waals surface area contributed by atoms with Crippen LogP contribution in [0.3, 0.4) is 0 Å². The molecule has 0 amide bonds. The van der Waals surface area contributed by atoms with E-state index >= 15 is 0 Å². The van der Waals surface area contributed by atoms with Crippen molar-refractivity contribution in [1.29, 1.82) is 0 Å². The fourth-order valence-corrected chi connectivity index (χ4v) is 2.42. The van der Waals surface area contributed by atoms with Crippen molar-refractivity contribution < 1.29 is 4.74 Å². The first kappa shape index (κ1) is 14.9. The summed E-state index contributed by atoms with van der Waals surface area (Å²) in [5.74, 6) is 0.914. The third-order valence-electron chi connectivity index (χ3n) is 3.19. The summed E-state index contributed by atoms with van der Waals surface area (Å²) >= 11 is 6.21. The number of halogens is 1. The summed E-state index contributed by atoms with van der Waals surface area (Å²) in [5, 5.41) is 4.29. The lowest BCUT2D eigenvalue weighted by atomic mass is 10.1. The van der Waals surface area contributed by atoms with Gasteiger partial charge in [0.1, 0.15) is 5.75 Å².